The maximum atomic E-state index is 14.3. The fourth-order valence-electron chi connectivity index (χ4n) is 2.99. The van der Waals surface area contributed by atoms with Crippen LogP contribution in [0.2, 0.25) is 5.02 Å². The monoisotopic (exact) mass is 396 g/mol. The lowest BCUT2D eigenvalue weighted by Crippen LogP contribution is -2.49. The Hall–Kier alpha value is -2.54. The quantitative estimate of drug-likeness (QED) is 0.583. The Balaban J connectivity index is 1.71. The number of halogens is 4. The lowest BCUT2D eigenvalue weighted by molar-refractivity contribution is 0.0746. The number of carbonyl (C=O) groups is 2. The van der Waals surface area contributed by atoms with Crippen LogP contribution in [0.15, 0.2) is 30.3 Å². The lowest BCUT2D eigenvalue weighted by atomic mass is 10.1. The molecule has 142 valence electrons. The molecule has 0 aliphatic carbocycles. The summed E-state index contributed by atoms with van der Waals surface area (Å²) in [6.45, 7) is 2.60. The maximum Gasteiger partial charge on any atom is 0.255 e. The first kappa shape index (κ1) is 19.2. The maximum absolute atomic E-state index is 14.3. The van der Waals surface area contributed by atoms with Gasteiger partial charge in [0.2, 0.25) is 0 Å². The third-order valence-corrected chi connectivity index (χ3v) is 4.81. The number of hydrogen-bond acceptors (Lipinski definition) is 3. The van der Waals surface area contributed by atoms with Gasteiger partial charge in [0, 0.05) is 31.7 Å². The van der Waals surface area contributed by atoms with Crippen LogP contribution in [0.4, 0.5) is 18.9 Å². The molecule has 0 N–H and O–H groups in total. The molecule has 0 unspecified atom stereocenters. The molecule has 0 radical (unpaired) electrons. The van der Waals surface area contributed by atoms with Gasteiger partial charge in [0.25, 0.3) is 5.91 Å². The number of piperazine rings is 1. The SMILES string of the molecule is CC(=O)c1ccc(N2CCN(C(=O)c3cc(F)c(F)cc3Cl)CC2)c(F)c1. The van der Waals surface area contributed by atoms with Crippen molar-refractivity contribution in [1.82, 2.24) is 4.90 Å². The summed E-state index contributed by atoms with van der Waals surface area (Å²) in [7, 11) is 0. The fourth-order valence-corrected chi connectivity index (χ4v) is 3.22. The number of carbonyl (C=O) groups excluding carboxylic acids is 2. The van der Waals surface area contributed by atoms with Crippen molar-refractivity contribution in [3.8, 4) is 0 Å². The van der Waals surface area contributed by atoms with Gasteiger partial charge in [0.05, 0.1) is 16.3 Å². The molecule has 1 amide bonds. The van der Waals surface area contributed by atoms with Crippen molar-refractivity contribution in [2.24, 2.45) is 0 Å². The van der Waals surface area contributed by atoms with Crippen molar-refractivity contribution in [2.75, 3.05) is 31.1 Å². The summed E-state index contributed by atoms with van der Waals surface area (Å²) < 4.78 is 40.9. The first-order valence-electron chi connectivity index (χ1n) is 8.27. The van der Waals surface area contributed by atoms with Gasteiger partial charge < -0.3 is 9.80 Å². The van der Waals surface area contributed by atoms with E-state index in [2.05, 4.69) is 0 Å². The van der Waals surface area contributed by atoms with Crippen LogP contribution in [-0.4, -0.2) is 42.8 Å². The molecule has 4 nitrogen and oxygen atoms in total. The second-order valence-electron chi connectivity index (χ2n) is 6.25. The van der Waals surface area contributed by atoms with Gasteiger partial charge in [-0.25, -0.2) is 13.2 Å². The second-order valence-corrected chi connectivity index (χ2v) is 6.65. The topological polar surface area (TPSA) is 40.6 Å². The molecule has 2 aromatic rings. The molecule has 1 heterocycles. The van der Waals surface area contributed by atoms with Gasteiger partial charge in [0.1, 0.15) is 5.82 Å². The number of Topliss-reactive ketones (excluding diaryl/α,β-unsaturated/α-hetero) is 1. The van der Waals surface area contributed by atoms with Gasteiger partial charge in [-0.15, -0.1) is 0 Å². The summed E-state index contributed by atoms with van der Waals surface area (Å²) in [5.41, 5.74) is 0.525. The predicted molar refractivity (Wildman–Crippen MR) is 95.9 cm³/mol. The minimum atomic E-state index is -1.14. The number of benzene rings is 2. The van der Waals surface area contributed by atoms with E-state index < -0.39 is 23.4 Å². The number of nitrogens with zero attached hydrogens (tertiary/aromatic N) is 2. The fraction of sp³-hybridized carbons (Fsp3) is 0.263. The molecule has 1 saturated heterocycles. The molecule has 8 heteroatoms. The Morgan fingerprint density at radius 1 is 0.926 bits per heavy atom. The van der Waals surface area contributed by atoms with E-state index in [1.165, 1.54) is 24.0 Å². The highest BCUT2D eigenvalue weighted by Crippen LogP contribution is 2.25. The van der Waals surface area contributed by atoms with Crippen LogP contribution >= 0.6 is 11.6 Å². The van der Waals surface area contributed by atoms with Crippen LogP contribution in [0.3, 0.4) is 0 Å². The Morgan fingerprint density at radius 2 is 1.56 bits per heavy atom. The van der Waals surface area contributed by atoms with Crippen LogP contribution in [0.1, 0.15) is 27.6 Å². The van der Waals surface area contributed by atoms with Crippen LogP contribution in [0.25, 0.3) is 0 Å². The molecule has 1 aliphatic rings. The molecule has 0 bridgehead atoms. The summed E-state index contributed by atoms with van der Waals surface area (Å²) in [6, 6.07) is 5.84. The lowest BCUT2D eigenvalue weighted by Gasteiger charge is -2.36. The van der Waals surface area contributed by atoms with E-state index in [0.29, 0.717) is 18.8 Å². The molecule has 27 heavy (non-hydrogen) atoms. The summed E-state index contributed by atoms with van der Waals surface area (Å²) in [5.74, 6) is -3.50. The highest BCUT2D eigenvalue weighted by atomic mass is 35.5. The zero-order valence-corrected chi connectivity index (χ0v) is 15.2. The van der Waals surface area contributed by atoms with Crippen molar-refractivity contribution in [3.05, 3.63) is 63.9 Å². The van der Waals surface area contributed by atoms with E-state index in [0.717, 1.165) is 12.1 Å². The van der Waals surface area contributed by atoms with Gasteiger partial charge in [0.15, 0.2) is 17.4 Å². The highest BCUT2D eigenvalue weighted by molar-refractivity contribution is 6.33. The van der Waals surface area contributed by atoms with Crippen LogP contribution in [-0.2, 0) is 0 Å². The normalized spacial score (nSPS) is 14.4. The summed E-state index contributed by atoms with van der Waals surface area (Å²) in [5, 5.41) is -0.160. The smallest absolute Gasteiger partial charge is 0.255 e. The van der Waals surface area contributed by atoms with Gasteiger partial charge in [-0.1, -0.05) is 11.6 Å². The van der Waals surface area contributed by atoms with Crippen molar-refractivity contribution in [2.45, 2.75) is 6.92 Å². The average molecular weight is 397 g/mol. The number of anilines is 1. The Bertz CT molecular complexity index is 912. The zero-order chi connectivity index (χ0) is 19.7. The largest absolute Gasteiger partial charge is 0.366 e. The molecule has 1 aliphatic heterocycles. The second kappa shape index (κ2) is 7.60. The molecule has 0 spiro atoms. The molecule has 0 saturated carbocycles. The minimum Gasteiger partial charge on any atom is -0.366 e. The van der Waals surface area contributed by atoms with Gasteiger partial charge in [-0.3, -0.25) is 9.59 Å². The standard InChI is InChI=1S/C19H16ClF3N2O2/c1-11(26)12-2-3-18(17(23)8-12)24-4-6-25(7-5-24)19(27)13-9-15(21)16(22)10-14(13)20/h2-3,8-10H,4-7H2,1H3. The van der Waals surface area contributed by atoms with E-state index in [9.17, 15) is 22.8 Å². The van der Waals surface area contributed by atoms with E-state index in [1.807, 2.05) is 0 Å². The van der Waals surface area contributed by atoms with Crippen LogP contribution < -0.4 is 4.90 Å². The molecule has 0 aromatic heterocycles. The predicted octanol–water partition coefficient (Wildman–Crippen LogP) is 3.92. The van der Waals surface area contributed by atoms with E-state index in [1.54, 1.807) is 11.0 Å². The summed E-state index contributed by atoms with van der Waals surface area (Å²) >= 11 is 5.86. The van der Waals surface area contributed by atoms with E-state index >= 15 is 0 Å². The van der Waals surface area contributed by atoms with Crippen LogP contribution in [0.5, 0.6) is 0 Å². The van der Waals surface area contributed by atoms with Gasteiger partial charge in [-0.2, -0.15) is 0 Å². The average Bonchev–Trinajstić information content (AvgIpc) is 2.64. The molecular formula is C19H16ClF3N2O2. The third kappa shape index (κ3) is 3.93. The summed E-state index contributed by atoms with van der Waals surface area (Å²) in [4.78, 5) is 27.1. The Morgan fingerprint density at radius 3 is 2.15 bits per heavy atom. The van der Waals surface area contributed by atoms with Crippen LogP contribution in [0, 0.1) is 17.5 Å². The minimum absolute atomic E-state index is 0.110. The molecular weight excluding hydrogens is 381 g/mol. The third-order valence-electron chi connectivity index (χ3n) is 4.50. The van der Waals surface area contributed by atoms with Crippen molar-refractivity contribution in [3.63, 3.8) is 0 Å². The Kier molecular flexibility index (Phi) is 5.41. The molecule has 2 aromatic carbocycles. The van der Waals surface area contributed by atoms with E-state index in [-0.39, 0.29) is 35.0 Å². The number of amides is 1. The molecule has 0 atom stereocenters. The van der Waals surface area contributed by atoms with Crippen molar-refractivity contribution >= 4 is 29.0 Å². The molecule has 3 rings (SSSR count). The number of rotatable bonds is 3. The van der Waals surface area contributed by atoms with Crippen molar-refractivity contribution in [1.29, 1.82) is 0 Å². The first-order chi connectivity index (χ1) is 12.8. The number of hydrogen-bond donors (Lipinski definition) is 0. The summed E-state index contributed by atoms with van der Waals surface area (Å²) in [6.07, 6.45) is 0. The van der Waals surface area contributed by atoms with Gasteiger partial charge in [-0.05, 0) is 37.3 Å². The van der Waals surface area contributed by atoms with E-state index in [4.69, 9.17) is 11.6 Å². The first-order valence-corrected chi connectivity index (χ1v) is 8.65. The van der Waals surface area contributed by atoms with Gasteiger partial charge >= 0.3 is 0 Å². The Labute approximate surface area is 159 Å². The zero-order valence-electron chi connectivity index (χ0n) is 14.4. The number of ketones is 1. The van der Waals surface area contributed by atoms with Crippen molar-refractivity contribution < 1.29 is 22.8 Å². The highest BCUT2D eigenvalue weighted by Gasteiger charge is 2.26. The molecule has 1 fully saturated rings.